The molecule has 1 aromatic rings. The van der Waals surface area contributed by atoms with Gasteiger partial charge in [-0.1, -0.05) is 0 Å². The van der Waals surface area contributed by atoms with Gasteiger partial charge in [0.25, 0.3) is 0 Å². The molecule has 0 unspecified atom stereocenters. The molecule has 0 amide bonds. The van der Waals surface area contributed by atoms with E-state index in [1.54, 1.807) is 0 Å². The van der Waals surface area contributed by atoms with Crippen LogP contribution in [0.1, 0.15) is 35.8 Å². The number of rotatable bonds is 2. The second kappa shape index (κ2) is 3.31. The molecule has 0 N–H and O–H groups in total. The average Bonchev–Trinajstić information content (AvgIpc) is 2.39. The maximum atomic E-state index is 4.46. The van der Waals surface area contributed by atoms with Crippen molar-refractivity contribution in [1.82, 2.24) is 9.88 Å². The molecule has 78 valence electrons. The zero-order valence-corrected chi connectivity index (χ0v) is 10.2. The molecule has 1 aliphatic rings. The van der Waals surface area contributed by atoms with Gasteiger partial charge in [-0.3, -0.25) is 4.90 Å². The standard InChI is InChI=1S/C11H18N2S/c1-8-10(14-9(2)12-8)7-13-6-5-11(13,3)4/h5-7H2,1-4H3. The summed E-state index contributed by atoms with van der Waals surface area (Å²) < 4.78 is 0. The Morgan fingerprint density at radius 1 is 1.43 bits per heavy atom. The third kappa shape index (κ3) is 1.71. The highest BCUT2D eigenvalue weighted by molar-refractivity contribution is 7.11. The number of likely N-dealkylation sites (tertiary alicyclic amines) is 1. The van der Waals surface area contributed by atoms with Gasteiger partial charge >= 0.3 is 0 Å². The van der Waals surface area contributed by atoms with Crippen LogP contribution in [0.15, 0.2) is 0 Å². The van der Waals surface area contributed by atoms with E-state index in [2.05, 4.69) is 37.6 Å². The number of aryl methyl sites for hydroxylation is 2. The molecule has 1 aliphatic heterocycles. The lowest BCUT2D eigenvalue weighted by molar-refractivity contribution is 0.00868. The smallest absolute Gasteiger partial charge is 0.0900 e. The van der Waals surface area contributed by atoms with Crippen molar-refractivity contribution < 1.29 is 0 Å². The third-order valence-corrected chi connectivity index (χ3v) is 4.24. The molecule has 0 aromatic carbocycles. The van der Waals surface area contributed by atoms with Crippen molar-refractivity contribution in [2.75, 3.05) is 6.54 Å². The highest BCUT2D eigenvalue weighted by Gasteiger charge is 2.35. The summed E-state index contributed by atoms with van der Waals surface area (Å²) >= 11 is 1.84. The van der Waals surface area contributed by atoms with Gasteiger partial charge in [-0.25, -0.2) is 4.98 Å². The Balaban J connectivity index is 2.08. The molecule has 0 spiro atoms. The van der Waals surface area contributed by atoms with E-state index < -0.39 is 0 Å². The molecule has 3 heteroatoms. The summed E-state index contributed by atoms with van der Waals surface area (Å²) in [5.74, 6) is 0. The molecule has 2 rings (SSSR count). The summed E-state index contributed by atoms with van der Waals surface area (Å²) in [4.78, 5) is 8.44. The number of hydrogen-bond donors (Lipinski definition) is 0. The molecule has 0 saturated carbocycles. The second-order valence-electron chi connectivity index (χ2n) is 4.73. The summed E-state index contributed by atoms with van der Waals surface area (Å²) in [6.07, 6.45) is 1.32. The lowest BCUT2D eigenvalue weighted by Crippen LogP contribution is -2.54. The quantitative estimate of drug-likeness (QED) is 0.746. The number of aromatic nitrogens is 1. The van der Waals surface area contributed by atoms with Crippen molar-refractivity contribution >= 4 is 11.3 Å². The van der Waals surface area contributed by atoms with E-state index in [-0.39, 0.29) is 0 Å². The van der Waals surface area contributed by atoms with Crippen molar-refractivity contribution in [3.63, 3.8) is 0 Å². The van der Waals surface area contributed by atoms with Crippen LogP contribution in [-0.4, -0.2) is 22.0 Å². The van der Waals surface area contributed by atoms with E-state index in [1.807, 2.05) is 11.3 Å². The first-order chi connectivity index (χ1) is 6.49. The summed E-state index contributed by atoms with van der Waals surface area (Å²) in [6.45, 7) is 11.2. The summed E-state index contributed by atoms with van der Waals surface area (Å²) in [5, 5.41) is 1.19. The minimum absolute atomic E-state index is 0.407. The van der Waals surface area contributed by atoms with Gasteiger partial charge in [0.15, 0.2) is 0 Å². The van der Waals surface area contributed by atoms with Gasteiger partial charge in [0.2, 0.25) is 0 Å². The Morgan fingerprint density at radius 3 is 2.50 bits per heavy atom. The van der Waals surface area contributed by atoms with Crippen LogP contribution >= 0.6 is 11.3 Å². The maximum Gasteiger partial charge on any atom is 0.0900 e. The van der Waals surface area contributed by atoms with Crippen LogP contribution in [0.3, 0.4) is 0 Å². The Hall–Kier alpha value is -0.410. The second-order valence-corrected chi connectivity index (χ2v) is 6.01. The summed E-state index contributed by atoms with van der Waals surface area (Å²) in [6, 6.07) is 0. The summed E-state index contributed by atoms with van der Waals surface area (Å²) in [5.41, 5.74) is 1.62. The van der Waals surface area contributed by atoms with Gasteiger partial charge < -0.3 is 0 Å². The van der Waals surface area contributed by atoms with Crippen LogP contribution in [0.5, 0.6) is 0 Å². The van der Waals surface area contributed by atoms with Crippen molar-refractivity contribution in [3.05, 3.63) is 15.6 Å². The van der Waals surface area contributed by atoms with Gasteiger partial charge in [-0.05, 0) is 34.1 Å². The fraction of sp³-hybridized carbons (Fsp3) is 0.727. The maximum absolute atomic E-state index is 4.46. The molecule has 1 aromatic heterocycles. The topological polar surface area (TPSA) is 16.1 Å². The van der Waals surface area contributed by atoms with Gasteiger partial charge in [-0.2, -0.15) is 0 Å². The molecule has 1 saturated heterocycles. The Kier molecular flexibility index (Phi) is 2.40. The van der Waals surface area contributed by atoms with E-state index in [9.17, 15) is 0 Å². The molecule has 0 radical (unpaired) electrons. The van der Waals surface area contributed by atoms with Crippen LogP contribution < -0.4 is 0 Å². The molecular weight excluding hydrogens is 192 g/mol. The molecular formula is C11H18N2S. The largest absolute Gasteiger partial charge is 0.293 e. The fourth-order valence-corrected chi connectivity index (χ4v) is 2.86. The van der Waals surface area contributed by atoms with Crippen LogP contribution in [0, 0.1) is 13.8 Å². The molecule has 2 heterocycles. The number of thiazole rings is 1. The summed E-state index contributed by atoms with van der Waals surface area (Å²) in [7, 11) is 0. The van der Waals surface area contributed by atoms with Crippen molar-refractivity contribution in [2.45, 2.75) is 46.2 Å². The lowest BCUT2D eigenvalue weighted by Gasteiger charge is -2.48. The van der Waals surface area contributed by atoms with E-state index in [0.29, 0.717) is 5.54 Å². The van der Waals surface area contributed by atoms with Crippen molar-refractivity contribution in [2.24, 2.45) is 0 Å². The SMILES string of the molecule is Cc1nc(C)c(CN2CCC2(C)C)s1. The number of nitrogens with zero attached hydrogens (tertiary/aromatic N) is 2. The van der Waals surface area contributed by atoms with E-state index in [4.69, 9.17) is 0 Å². The molecule has 0 bridgehead atoms. The zero-order chi connectivity index (χ0) is 10.3. The monoisotopic (exact) mass is 210 g/mol. The van der Waals surface area contributed by atoms with E-state index >= 15 is 0 Å². The minimum atomic E-state index is 0.407. The van der Waals surface area contributed by atoms with Crippen LogP contribution in [-0.2, 0) is 6.54 Å². The fourth-order valence-electron chi connectivity index (χ4n) is 1.90. The molecule has 0 aliphatic carbocycles. The van der Waals surface area contributed by atoms with Crippen LogP contribution in [0.2, 0.25) is 0 Å². The molecule has 2 nitrogen and oxygen atoms in total. The number of hydrogen-bond acceptors (Lipinski definition) is 3. The van der Waals surface area contributed by atoms with Crippen molar-refractivity contribution in [1.29, 1.82) is 0 Å². The first kappa shape index (κ1) is 10.1. The highest BCUT2D eigenvalue weighted by Crippen LogP contribution is 2.32. The first-order valence-electron chi connectivity index (χ1n) is 5.17. The predicted molar refractivity (Wildman–Crippen MR) is 60.7 cm³/mol. The first-order valence-corrected chi connectivity index (χ1v) is 5.99. The van der Waals surface area contributed by atoms with Gasteiger partial charge in [0.1, 0.15) is 0 Å². The minimum Gasteiger partial charge on any atom is -0.293 e. The Labute approximate surface area is 90.0 Å². The van der Waals surface area contributed by atoms with Gasteiger partial charge in [0, 0.05) is 23.5 Å². The zero-order valence-electron chi connectivity index (χ0n) is 9.42. The molecule has 14 heavy (non-hydrogen) atoms. The van der Waals surface area contributed by atoms with E-state index in [0.717, 1.165) is 6.54 Å². The van der Waals surface area contributed by atoms with Crippen LogP contribution in [0.25, 0.3) is 0 Å². The normalized spacial score (nSPS) is 20.9. The highest BCUT2D eigenvalue weighted by atomic mass is 32.1. The van der Waals surface area contributed by atoms with Gasteiger partial charge in [-0.15, -0.1) is 11.3 Å². The predicted octanol–water partition coefficient (Wildman–Crippen LogP) is 2.74. The lowest BCUT2D eigenvalue weighted by atomic mass is 9.89. The van der Waals surface area contributed by atoms with E-state index in [1.165, 1.54) is 28.5 Å². The molecule has 0 atom stereocenters. The average molecular weight is 210 g/mol. The van der Waals surface area contributed by atoms with Crippen molar-refractivity contribution in [3.8, 4) is 0 Å². The Morgan fingerprint density at radius 2 is 2.14 bits per heavy atom. The molecule has 1 fully saturated rings. The third-order valence-electron chi connectivity index (χ3n) is 3.18. The van der Waals surface area contributed by atoms with Crippen LogP contribution in [0.4, 0.5) is 0 Å². The van der Waals surface area contributed by atoms with Gasteiger partial charge in [0.05, 0.1) is 10.7 Å². The Bertz CT molecular complexity index is 341.